The number of hydrogen-bond donors (Lipinski definition) is 3. The molecule has 0 aromatic carbocycles. The number of phosphoric ester groups is 1. The molecule has 8 nitrogen and oxygen atoms in total. The van der Waals surface area contributed by atoms with Crippen molar-refractivity contribution in [3.05, 3.63) is 24.3 Å². The summed E-state index contributed by atoms with van der Waals surface area (Å²) in [4.78, 5) is 22.9. The first kappa shape index (κ1) is 50.0. The van der Waals surface area contributed by atoms with Gasteiger partial charge >= 0.3 is 7.82 Å². The summed E-state index contributed by atoms with van der Waals surface area (Å²) in [6, 6.07) is -0.754. The topological polar surface area (TPSA) is 105 Å². The standard InChI is InChI=1S/C42H83N2O6P/c1-6-8-10-12-13-14-15-16-17-18-19-20-21-22-23-24-25-26-27-28-29-30-31-32-34-36-42(46)43-40(41(45)35-33-11-9-7-2)39-50-51(47,48)49-38-37-44(3,4)5/h15-16,18-19,40-41,45H,6-14,17,20-39H2,1-5H3,(H-,43,46,47,48)/p+1/b16-15-,19-18-. The first-order valence-electron chi connectivity index (χ1n) is 21.2. The van der Waals surface area contributed by atoms with Gasteiger partial charge in [0.15, 0.2) is 0 Å². The summed E-state index contributed by atoms with van der Waals surface area (Å²) in [5.74, 6) is -0.155. The van der Waals surface area contributed by atoms with Gasteiger partial charge in [-0.2, -0.15) is 0 Å². The molecule has 3 unspecified atom stereocenters. The normalized spacial score (nSPS) is 14.7. The van der Waals surface area contributed by atoms with Crippen molar-refractivity contribution in [1.29, 1.82) is 0 Å². The fraction of sp³-hybridized carbons (Fsp3) is 0.881. The molecule has 0 fully saturated rings. The van der Waals surface area contributed by atoms with E-state index < -0.39 is 20.0 Å². The van der Waals surface area contributed by atoms with Crippen LogP contribution in [0.2, 0.25) is 0 Å². The van der Waals surface area contributed by atoms with Crippen molar-refractivity contribution in [1.82, 2.24) is 5.32 Å². The zero-order valence-electron chi connectivity index (χ0n) is 34.1. The van der Waals surface area contributed by atoms with Crippen molar-refractivity contribution in [2.45, 2.75) is 199 Å². The zero-order valence-corrected chi connectivity index (χ0v) is 35.0. The van der Waals surface area contributed by atoms with E-state index in [1.165, 1.54) is 109 Å². The van der Waals surface area contributed by atoms with Gasteiger partial charge in [0.2, 0.25) is 5.91 Å². The van der Waals surface area contributed by atoms with Crippen LogP contribution < -0.4 is 5.32 Å². The van der Waals surface area contributed by atoms with Crippen LogP contribution in [0.15, 0.2) is 24.3 Å². The molecule has 3 N–H and O–H groups in total. The van der Waals surface area contributed by atoms with Gasteiger partial charge < -0.3 is 19.8 Å². The lowest BCUT2D eigenvalue weighted by Crippen LogP contribution is -2.46. The number of rotatable bonds is 38. The largest absolute Gasteiger partial charge is 0.472 e. The predicted octanol–water partition coefficient (Wildman–Crippen LogP) is 11.4. The number of amides is 1. The Balaban J connectivity index is 3.94. The quantitative estimate of drug-likeness (QED) is 0.0252. The molecule has 0 aromatic rings. The number of quaternary nitrogens is 1. The molecule has 9 heteroatoms. The monoisotopic (exact) mass is 744 g/mol. The van der Waals surface area contributed by atoms with E-state index in [0.29, 0.717) is 23.9 Å². The first-order chi connectivity index (χ1) is 24.5. The second-order valence-corrected chi connectivity index (χ2v) is 17.2. The number of nitrogens with zero attached hydrogens (tertiary/aromatic N) is 1. The molecule has 0 bridgehead atoms. The van der Waals surface area contributed by atoms with Crippen molar-refractivity contribution in [2.24, 2.45) is 0 Å². The Hall–Kier alpha value is -1.02. The summed E-state index contributed by atoms with van der Waals surface area (Å²) >= 11 is 0. The van der Waals surface area contributed by atoms with Crippen LogP contribution in [0.5, 0.6) is 0 Å². The third kappa shape index (κ3) is 37.1. The molecule has 0 spiro atoms. The highest BCUT2D eigenvalue weighted by molar-refractivity contribution is 7.47. The molecule has 0 saturated carbocycles. The molecule has 0 rings (SSSR count). The van der Waals surface area contributed by atoms with E-state index in [9.17, 15) is 19.4 Å². The van der Waals surface area contributed by atoms with Gasteiger partial charge in [0.1, 0.15) is 13.2 Å². The minimum atomic E-state index is -4.29. The summed E-state index contributed by atoms with van der Waals surface area (Å²) in [5, 5.41) is 13.7. The third-order valence-corrected chi connectivity index (χ3v) is 10.4. The Bertz CT molecular complexity index is 891. The molecule has 0 aliphatic heterocycles. The number of likely N-dealkylation sites (N-methyl/N-ethyl adjacent to an activating group) is 1. The summed E-state index contributed by atoms with van der Waals surface area (Å²) in [6.45, 7) is 4.75. The number of phosphoric acid groups is 1. The smallest absolute Gasteiger partial charge is 0.391 e. The van der Waals surface area contributed by atoms with E-state index >= 15 is 0 Å². The SMILES string of the molecule is CCCCCCC/C=C\C/C=C\CCCCCCCCCCCCCCCC(=O)NC(COP(=O)(O)OCC[N+](C)(C)C)C(O)CCCCCC. The summed E-state index contributed by atoms with van der Waals surface area (Å²) in [7, 11) is 1.61. The molecule has 0 heterocycles. The van der Waals surface area contributed by atoms with E-state index in [1.807, 2.05) is 21.1 Å². The molecule has 3 atom stereocenters. The van der Waals surface area contributed by atoms with Crippen LogP contribution in [0, 0.1) is 0 Å². The van der Waals surface area contributed by atoms with Crippen molar-refractivity contribution in [3.63, 3.8) is 0 Å². The lowest BCUT2D eigenvalue weighted by molar-refractivity contribution is -0.870. The van der Waals surface area contributed by atoms with Crippen LogP contribution in [-0.4, -0.2) is 73.4 Å². The van der Waals surface area contributed by atoms with Crippen LogP contribution in [0.25, 0.3) is 0 Å². The average Bonchev–Trinajstić information content (AvgIpc) is 3.07. The highest BCUT2D eigenvalue weighted by atomic mass is 31.2. The zero-order chi connectivity index (χ0) is 37.9. The highest BCUT2D eigenvalue weighted by Crippen LogP contribution is 2.43. The van der Waals surface area contributed by atoms with E-state index in [4.69, 9.17) is 9.05 Å². The van der Waals surface area contributed by atoms with Gasteiger partial charge in [-0.3, -0.25) is 13.8 Å². The summed E-state index contributed by atoms with van der Waals surface area (Å²) in [5.41, 5.74) is 0. The number of unbranched alkanes of at least 4 members (excludes halogenated alkanes) is 21. The molecule has 51 heavy (non-hydrogen) atoms. The summed E-state index contributed by atoms with van der Waals surface area (Å²) < 4.78 is 23.3. The van der Waals surface area contributed by atoms with Gasteiger partial charge in [-0.05, 0) is 44.9 Å². The van der Waals surface area contributed by atoms with Gasteiger partial charge in [0.25, 0.3) is 0 Å². The maximum atomic E-state index is 12.7. The van der Waals surface area contributed by atoms with E-state index in [1.54, 1.807) is 0 Å². The Labute approximate surface area is 315 Å². The Morgan fingerprint density at radius 1 is 0.667 bits per heavy atom. The van der Waals surface area contributed by atoms with Crippen molar-refractivity contribution >= 4 is 13.7 Å². The molecule has 0 radical (unpaired) electrons. The van der Waals surface area contributed by atoms with E-state index in [0.717, 1.165) is 51.4 Å². The molecular formula is C42H84N2O6P+. The minimum absolute atomic E-state index is 0.0739. The Morgan fingerprint density at radius 2 is 1.12 bits per heavy atom. The number of nitrogens with one attached hydrogen (secondary N) is 1. The van der Waals surface area contributed by atoms with Crippen LogP contribution >= 0.6 is 7.82 Å². The summed E-state index contributed by atoms with van der Waals surface area (Å²) in [6.07, 6.45) is 39.8. The van der Waals surface area contributed by atoms with Crippen molar-refractivity contribution < 1.29 is 32.9 Å². The number of aliphatic hydroxyl groups excluding tert-OH is 1. The fourth-order valence-corrected chi connectivity index (χ4v) is 6.75. The number of allylic oxidation sites excluding steroid dienone is 4. The van der Waals surface area contributed by atoms with Gasteiger partial charge in [-0.1, -0.05) is 160 Å². The molecule has 302 valence electrons. The van der Waals surface area contributed by atoms with Crippen LogP contribution in [-0.2, 0) is 18.4 Å². The number of carbonyl (C=O) groups excluding carboxylic acids is 1. The average molecular weight is 744 g/mol. The van der Waals surface area contributed by atoms with Gasteiger partial charge in [-0.15, -0.1) is 0 Å². The first-order valence-corrected chi connectivity index (χ1v) is 22.7. The van der Waals surface area contributed by atoms with Crippen molar-refractivity contribution in [3.8, 4) is 0 Å². The molecule has 0 aliphatic carbocycles. The number of hydrogen-bond acceptors (Lipinski definition) is 5. The number of aliphatic hydroxyl groups is 1. The maximum Gasteiger partial charge on any atom is 0.472 e. The van der Waals surface area contributed by atoms with Gasteiger partial charge in [-0.25, -0.2) is 4.57 Å². The molecule has 1 amide bonds. The highest BCUT2D eigenvalue weighted by Gasteiger charge is 2.28. The molecule has 0 aliphatic rings. The van der Waals surface area contributed by atoms with Crippen LogP contribution in [0.4, 0.5) is 0 Å². The molecular weight excluding hydrogens is 659 g/mol. The second-order valence-electron chi connectivity index (χ2n) is 15.7. The van der Waals surface area contributed by atoms with Crippen LogP contribution in [0.3, 0.4) is 0 Å². The minimum Gasteiger partial charge on any atom is -0.391 e. The van der Waals surface area contributed by atoms with Gasteiger partial charge in [0.05, 0.1) is 39.9 Å². The van der Waals surface area contributed by atoms with E-state index in [-0.39, 0.29) is 19.1 Å². The predicted molar refractivity (Wildman–Crippen MR) is 217 cm³/mol. The Morgan fingerprint density at radius 3 is 1.61 bits per heavy atom. The lowest BCUT2D eigenvalue weighted by Gasteiger charge is -2.26. The lowest BCUT2D eigenvalue weighted by atomic mass is 10.0. The van der Waals surface area contributed by atoms with Crippen molar-refractivity contribution in [2.75, 3.05) is 40.9 Å². The van der Waals surface area contributed by atoms with Crippen LogP contribution in [0.1, 0.15) is 187 Å². The Kier molecular flexibility index (Phi) is 34.0. The third-order valence-electron chi connectivity index (χ3n) is 9.45. The maximum absolute atomic E-state index is 12.7. The molecule has 0 aromatic heterocycles. The molecule has 0 saturated heterocycles. The van der Waals surface area contributed by atoms with E-state index in [2.05, 4.69) is 43.5 Å². The van der Waals surface area contributed by atoms with Gasteiger partial charge in [0, 0.05) is 6.42 Å². The fourth-order valence-electron chi connectivity index (χ4n) is 6.02. The second kappa shape index (κ2) is 34.7. The number of carbonyl (C=O) groups is 1.